The average molecular weight is 283 g/mol. The fraction of sp³-hybridized carbons (Fsp3) is 0.615. The fourth-order valence-electron chi connectivity index (χ4n) is 2.58. The van der Waals surface area contributed by atoms with Gasteiger partial charge in [-0.25, -0.2) is 8.42 Å². The van der Waals surface area contributed by atoms with Crippen LogP contribution in [0.4, 0.5) is 0 Å². The summed E-state index contributed by atoms with van der Waals surface area (Å²) in [6, 6.07) is 5.83. The zero-order valence-electron chi connectivity index (χ0n) is 11.2. The number of likely N-dealkylation sites (N-methyl/N-ethyl adjacent to an activating group) is 1. The first-order valence-electron chi connectivity index (χ1n) is 6.49. The second-order valence-corrected chi connectivity index (χ2v) is 7.45. The second kappa shape index (κ2) is 5.56. The van der Waals surface area contributed by atoms with Gasteiger partial charge in [0.25, 0.3) is 0 Å². The van der Waals surface area contributed by atoms with Gasteiger partial charge in [0.2, 0.25) is 0 Å². The Hall–Kier alpha value is -0.980. The Labute approximate surface area is 114 Å². The highest BCUT2D eigenvalue weighted by Crippen LogP contribution is 2.28. The molecule has 0 amide bonds. The molecule has 1 fully saturated rings. The Morgan fingerprint density at radius 3 is 2.79 bits per heavy atom. The topological polar surface area (TPSA) is 76.3 Å². The van der Waals surface area contributed by atoms with E-state index < -0.39 is 15.4 Å². The molecule has 0 saturated carbocycles. The maximum absolute atomic E-state index is 11.7. The van der Waals surface area contributed by atoms with Gasteiger partial charge < -0.3 is 5.73 Å². The standard InChI is InChI=1S/C13H21N3O2S/c1-16(8-5-12-4-2-3-7-15-12)13(10-14)6-9-19(17,18)11-13/h2-4,7H,5-6,8-11,14H2,1H3. The van der Waals surface area contributed by atoms with E-state index in [4.69, 9.17) is 5.73 Å². The number of hydrogen-bond donors (Lipinski definition) is 1. The summed E-state index contributed by atoms with van der Waals surface area (Å²) < 4.78 is 23.4. The van der Waals surface area contributed by atoms with E-state index >= 15 is 0 Å². The van der Waals surface area contributed by atoms with Gasteiger partial charge in [-0.2, -0.15) is 0 Å². The highest BCUT2D eigenvalue weighted by Gasteiger charge is 2.43. The molecule has 2 heterocycles. The van der Waals surface area contributed by atoms with Gasteiger partial charge in [-0.05, 0) is 25.6 Å². The predicted octanol–water partition coefficient (Wildman–Crippen LogP) is 0.0719. The van der Waals surface area contributed by atoms with Gasteiger partial charge in [0.15, 0.2) is 9.84 Å². The van der Waals surface area contributed by atoms with E-state index in [1.54, 1.807) is 6.20 Å². The van der Waals surface area contributed by atoms with Crippen molar-refractivity contribution in [1.29, 1.82) is 0 Å². The SMILES string of the molecule is CN(CCc1ccccn1)C1(CN)CCS(=O)(=O)C1. The first-order chi connectivity index (χ1) is 8.97. The van der Waals surface area contributed by atoms with Crippen LogP contribution in [0.3, 0.4) is 0 Å². The van der Waals surface area contributed by atoms with Crippen LogP contribution in [0.1, 0.15) is 12.1 Å². The van der Waals surface area contributed by atoms with E-state index in [0.717, 1.165) is 18.7 Å². The molecule has 1 aliphatic rings. The summed E-state index contributed by atoms with van der Waals surface area (Å²) in [7, 11) is -0.976. The van der Waals surface area contributed by atoms with Crippen molar-refractivity contribution in [2.75, 3.05) is 31.6 Å². The minimum Gasteiger partial charge on any atom is -0.329 e. The lowest BCUT2D eigenvalue weighted by Gasteiger charge is -2.36. The Bertz CT molecular complexity index is 518. The normalized spacial score (nSPS) is 25.8. The van der Waals surface area contributed by atoms with Crippen LogP contribution in [0.25, 0.3) is 0 Å². The number of sulfone groups is 1. The first-order valence-corrected chi connectivity index (χ1v) is 8.31. The van der Waals surface area contributed by atoms with E-state index in [1.807, 2.05) is 25.2 Å². The second-order valence-electron chi connectivity index (χ2n) is 5.26. The van der Waals surface area contributed by atoms with Gasteiger partial charge >= 0.3 is 0 Å². The van der Waals surface area contributed by atoms with Crippen LogP contribution >= 0.6 is 0 Å². The van der Waals surface area contributed by atoms with Crippen molar-refractivity contribution in [3.05, 3.63) is 30.1 Å². The molecule has 1 atom stereocenters. The average Bonchev–Trinajstić information content (AvgIpc) is 2.74. The van der Waals surface area contributed by atoms with Crippen LogP contribution in [0, 0.1) is 0 Å². The minimum absolute atomic E-state index is 0.176. The van der Waals surface area contributed by atoms with Crippen molar-refractivity contribution >= 4 is 9.84 Å². The quantitative estimate of drug-likeness (QED) is 0.827. The van der Waals surface area contributed by atoms with Crippen LogP contribution in [0.2, 0.25) is 0 Å². The Kier molecular flexibility index (Phi) is 4.23. The van der Waals surface area contributed by atoms with Gasteiger partial charge in [0, 0.05) is 36.9 Å². The van der Waals surface area contributed by atoms with Crippen molar-refractivity contribution in [1.82, 2.24) is 9.88 Å². The maximum Gasteiger partial charge on any atom is 0.152 e. The third-order valence-electron chi connectivity index (χ3n) is 3.99. The molecule has 1 saturated heterocycles. The van der Waals surface area contributed by atoms with E-state index in [0.29, 0.717) is 13.0 Å². The lowest BCUT2D eigenvalue weighted by atomic mass is 9.97. The van der Waals surface area contributed by atoms with Gasteiger partial charge in [-0.1, -0.05) is 6.07 Å². The van der Waals surface area contributed by atoms with E-state index in [1.165, 1.54) is 0 Å². The van der Waals surface area contributed by atoms with Crippen LogP contribution in [-0.4, -0.2) is 55.5 Å². The van der Waals surface area contributed by atoms with Crippen LogP contribution in [0.15, 0.2) is 24.4 Å². The molecule has 106 valence electrons. The molecule has 1 unspecified atom stereocenters. The lowest BCUT2D eigenvalue weighted by Crippen LogP contribution is -2.53. The van der Waals surface area contributed by atoms with Crippen molar-refractivity contribution < 1.29 is 8.42 Å². The zero-order chi connectivity index (χ0) is 13.9. The summed E-state index contributed by atoms with van der Waals surface area (Å²) in [6.07, 6.45) is 3.21. The molecule has 19 heavy (non-hydrogen) atoms. The largest absolute Gasteiger partial charge is 0.329 e. The highest BCUT2D eigenvalue weighted by atomic mass is 32.2. The van der Waals surface area contributed by atoms with Crippen LogP contribution in [0.5, 0.6) is 0 Å². The smallest absolute Gasteiger partial charge is 0.152 e. The monoisotopic (exact) mass is 283 g/mol. The molecule has 0 aromatic carbocycles. The van der Waals surface area contributed by atoms with Gasteiger partial charge in [0.05, 0.1) is 11.5 Å². The number of rotatable bonds is 5. The van der Waals surface area contributed by atoms with Gasteiger partial charge in [-0.15, -0.1) is 0 Å². The molecular weight excluding hydrogens is 262 g/mol. The molecule has 2 rings (SSSR count). The number of nitrogens with two attached hydrogens (primary N) is 1. The number of aromatic nitrogens is 1. The maximum atomic E-state index is 11.7. The Morgan fingerprint density at radius 1 is 1.47 bits per heavy atom. The van der Waals surface area contributed by atoms with Crippen molar-refractivity contribution in [2.45, 2.75) is 18.4 Å². The highest BCUT2D eigenvalue weighted by molar-refractivity contribution is 7.91. The molecule has 2 N–H and O–H groups in total. The molecule has 0 radical (unpaired) electrons. The zero-order valence-corrected chi connectivity index (χ0v) is 12.1. The molecule has 1 aromatic rings. The number of pyridine rings is 1. The van der Waals surface area contributed by atoms with Crippen molar-refractivity contribution in [2.24, 2.45) is 5.73 Å². The minimum atomic E-state index is -2.93. The number of hydrogen-bond acceptors (Lipinski definition) is 5. The summed E-state index contributed by atoms with van der Waals surface area (Å²) in [5.74, 6) is 0.424. The van der Waals surface area contributed by atoms with E-state index in [-0.39, 0.29) is 11.5 Å². The summed E-state index contributed by atoms with van der Waals surface area (Å²) in [5, 5.41) is 0. The third-order valence-corrected chi connectivity index (χ3v) is 5.79. The molecule has 0 spiro atoms. The number of nitrogens with zero attached hydrogens (tertiary/aromatic N) is 2. The summed E-state index contributed by atoms with van der Waals surface area (Å²) >= 11 is 0. The Balaban J connectivity index is 2.00. The molecular formula is C13H21N3O2S. The predicted molar refractivity (Wildman–Crippen MR) is 75.6 cm³/mol. The molecule has 6 heteroatoms. The fourth-order valence-corrected chi connectivity index (χ4v) is 4.72. The van der Waals surface area contributed by atoms with E-state index in [9.17, 15) is 8.42 Å². The summed E-state index contributed by atoms with van der Waals surface area (Å²) in [5.41, 5.74) is 6.46. The molecule has 1 aliphatic heterocycles. The van der Waals surface area contributed by atoms with Crippen LogP contribution in [-0.2, 0) is 16.3 Å². The van der Waals surface area contributed by atoms with Crippen molar-refractivity contribution in [3.8, 4) is 0 Å². The molecule has 0 aliphatic carbocycles. The first kappa shape index (κ1) is 14.4. The summed E-state index contributed by atoms with van der Waals surface area (Å²) in [4.78, 5) is 6.37. The van der Waals surface area contributed by atoms with Crippen molar-refractivity contribution in [3.63, 3.8) is 0 Å². The molecule has 0 bridgehead atoms. The van der Waals surface area contributed by atoms with Crippen LogP contribution < -0.4 is 5.73 Å². The molecule has 1 aromatic heterocycles. The van der Waals surface area contributed by atoms with Gasteiger partial charge in [-0.3, -0.25) is 9.88 Å². The third kappa shape index (κ3) is 3.32. The molecule has 5 nitrogen and oxygen atoms in total. The lowest BCUT2D eigenvalue weighted by molar-refractivity contribution is 0.152. The van der Waals surface area contributed by atoms with E-state index in [2.05, 4.69) is 9.88 Å². The summed E-state index contributed by atoms with van der Waals surface area (Å²) in [6.45, 7) is 1.15. The Morgan fingerprint density at radius 2 is 2.26 bits per heavy atom. The van der Waals surface area contributed by atoms with Gasteiger partial charge in [0.1, 0.15) is 0 Å².